The van der Waals surface area contributed by atoms with Crippen molar-refractivity contribution in [3.63, 3.8) is 0 Å². The van der Waals surface area contributed by atoms with E-state index in [4.69, 9.17) is 5.11 Å². The molecule has 2 saturated carbocycles. The van der Waals surface area contributed by atoms with Crippen LogP contribution >= 0.6 is 0 Å². The maximum Gasteiger partial charge on any atom is 0.315 e. The molecule has 0 aromatic carbocycles. The zero-order valence-electron chi connectivity index (χ0n) is 21.6. The third-order valence-electron chi connectivity index (χ3n) is 8.04. The molecule has 2 amide bonds. The highest BCUT2D eigenvalue weighted by molar-refractivity contribution is 5.74. The highest BCUT2D eigenvalue weighted by Crippen LogP contribution is 2.34. The number of hydrogen-bond acceptors (Lipinski definition) is 8. The summed E-state index contributed by atoms with van der Waals surface area (Å²) in [6.45, 7) is 2.75. The van der Waals surface area contributed by atoms with Crippen LogP contribution in [0.2, 0.25) is 0 Å². The molecule has 5 rings (SSSR count). The number of β-amino-alcohol motifs (C(OH)–C–C–N with tert-alkyl or cyclic N) is 1. The molecule has 2 aromatic rings. The van der Waals surface area contributed by atoms with Gasteiger partial charge in [0.2, 0.25) is 5.95 Å². The SMILES string of the molecule is O=C(NC1CCN(CCO)CC1)N[C@H]1CC[C@H](Nc2nccc(Nc3cc(C4CCCC4)[nH]n3)n2)CC1. The molecule has 3 heterocycles. The smallest absolute Gasteiger partial charge is 0.315 e. The van der Waals surface area contributed by atoms with Gasteiger partial charge in [-0.15, -0.1) is 0 Å². The van der Waals surface area contributed by atoms with Gasteiger partial charge in [-0.2, -0.15) is 10.1 Å². The third kappa shape index (κ3) is 7.32. The van der Waals surface area contributed by atoms with E-state index in [0.717, 1.165) is 63.3 Å². The lowest BCUT2D eigenvalue weighted by Crippen LogP contribution is -2.51. The summed E-state index contributed by atoms with van der Waals surface area (Å²) in [7, 11) is 0. The molecule has 2 aromatic heterocycles. The van der Waals surface area contributed by atoms with Gasteiger partial charge in [0.15, 0.2) is 5.82 Å². The number of urea groups is 1. The zero-order chi connectivity index (χ0) is 25.5. The number of carbonyl (C=O) groups is 1. The van der Waals surface area contributed by atoms with E-state index in [-0.39, 0.29) is 30.8 Å². The van der Waals surface area contributed by atoms with Gasteiger partial charge >= 0.3 is 6.03 Å². The molecular weight excluding hydrogens is 470 g/mol. The highest BCUT2D eigenvalue weighted by atomic mass is 16.3. The van der Waals surface area contributed by atoms with Gasteiger partial charge < -0.3 is 31.3 Å². The molecule has 11 nitrogen and oxygen atoms in total. The average molecular weight is 512 g/mol. The maximum absolute atomic E-state index is 12.5. The summed E-state index contributed by atoms with van der Waals surface area (Å²) in [6.07, 6.45) is 12.4. The molecule has 0 atom stereocenters. The molecule has 1 saturated heterocycles. The van der Waals surface area contributed by atoms with Gasteiger partial charge in [0, 0.05) is 61.6 Å². The number of piperidine rings is 1. The second-order valence-electron chi connectivity index (χ2n) is 10.7. The normalized spacial score (nSPS) is 23.6. The summed E-state index contributed by atoms with van der Waals surface area (Å²) in [5.74, 6) is 2.71. The van der Waals surface area contributed by atoms with Gasteiger partial charge in [-0.1, -0.05) is 12.8 Å². The number of likely N-dealkylation sites (tertiary alicyclic amines) is 1. The third-order valence-corrected chi connectivity index (χ3v) is 8.04. The molecule has 2 aliphatic carbocycles. The van der Waals surface area contributed by atoms with Crippen molar-refractivity contribution in [2.45, 2.75) is 88.3 Å². The van der Waals surface area contributed by atoms with E-state index in [2.05, 4.69) is 52.4 Å². The molecule has 37 heavy (non-hydrogen) atoms. The number of aromatic amines is 1. The Morgan fingerprint density at radius 3 is 2.41 bits per heavy atom. The van der Waals surface area contributed by atoms with Crippen LogP contribution in [0.25, 0.3) is 0 Å². The van der Waals surface area contributed by atoms with Crippen molar-refractivity contribution in [1.29, 1.82) is 0 Å². The number of aliphatic hydroxyl groups is 1. The van der Waals surface area contributed by atoms with Crippen LogP contribution in [0.1, 0.15) is 75.8 Å². The van der Waals surface area contributed by atoms with Crippen LogP contribution in [0, 0.1) is 0 Å². The van der Waals surface area contributed by atoms with Crippen LogP contribution in [0.15, 0.2) is 18.3 Å². The van der Waals surface area contributed by atoms with Gasteiger partial charge in [0.25, 0.3) is 0 Å². The van der Waals surface area contributed by atoms with E-state index < -0.39 is 0 Å². The van der Waals surface area contributed by atoms with Crippen molar-refractivity contribution in [1.82, 2.24) is 35.7 Å². The molecule has 3 fully saturated rings. The first-order valence-corrected chi connectivity index (χ1v) is 14.0. The van der Waals surface area contributed by atoms with Crippen molar-refractivity contribution >= 4 is 23.6 Å². The summed E-state index contributed by atoms with van der Waals surface area (Å²) >= 11 is 0. The quantitative estimate of drug-likeness (QED) is 0.301. The fraction of sp³-hybridized carbons (Fsp3) is 0.692. The molecule has 1 aliphatic heterocycles. The van der Waals surface area contributed by atoms with Gasteiger partial charge in [-0.3, -0.25) is 5.10 Å². The Hall–Kier alpha value is -2.92. The summed E-state index contributed by atoms with van der Waals surface area (Å²) < 4.78 is 0. The van der Waals surface area contributed by atoms with Crippen molar-refractivity contribution in [3.05, 3.63) is 24.0 Å². The van der Waals surface area contributed by atoms with Crippen LogP contribution in [-0.4, -0.2) is 80.6 Å². The molecule has 11 heteroatoms. The fourth-order valence-corrected chi connectivity index (χ4v) is 5.90. The van der Waals surface area contributed by atoms with E-state index in [1.165, 1.54) is 31.4 Å². The lowest BCUT2D eigenvalue weighted by Gasteiger charge is -2.33. The number of aromatic nitrogens is 4. The molecule has 3 aliphatic rings. The summed E-state index contributed by atoms with van der Waals surface area (Å²) in [5, 5.41) is 29.7. The molecule has 0 radical (unpaired) electrons. The number of amides is 2. The lowest BCUT2D eigenvalue weighted by molar-refractivity contribution is 0.156. The largest absolute Gasteiger partial charge is 0.395 e. The average Bonchev–Trinajstić information content (AvgIpc) is 3.59. The fourth-order valence-electron chi connectivity index (χ4n) is 5.90. The number of aliphatic hydroxyl groups excluding tert-OH is 1. The van der Waals surface area contributed by atoms with E-state index >= 15 is 0 Å². The van der Waals surface area contributed by atoms with Crippen molar-refractivity contribution in [2.24, 2.45) is 0 Å². The first-order chi connectivity index (χ1) is 18.1. The van der Waals surface area contributed by atoms with E-state index in [0.29, 0.717) is 18.4 Å². The molecule has 202 valence electrons. The number of rotatable bonds is 9. The van der Waals surface area contributed by atoms with Crippen LogP contribution in [-0.2, 0) is 0 Å². The number of nitrogens with one attached hydrogen (secondary N) is 5. The predicted molar refractivity (Wildman–Crippen MR) is 143 cm³/mol. The molecule has 0 bridgehead atoms. The Morgan fingerprint density at radius 1 is 0.973 bits per heavy atom. The Labute approximate surface area is 218 Å². The molecule has 0 unspecified atom stereocenters. The van der Waals surface area contributed by atoms with Gasteiger partial charge in [0.05, 0.1) is 6.61 Å². The number of anilines is 3. The van der Waals surface area contributed by atoms with Gasteiger partial charge in [0.1, 0.15) is 5.82 Å². The minimum Gasteiger partial charge on any atom is -0.395 e. The second-order valence-corrected chi connectivity index (χ2v) is 10.7. The van der Waals surface area contributed by atoms with Gasteiger partial charge in [-0.05, 0) is 57.4 Å². The van der Waals surface area contributed by atoms with E-state index in [9.17, 15) is 4.79 Å². The number of hydrogen-bond donors (Lipinski definition) is 6. The standard InChI is InChI=1S/C26H41N9O2/c36-16-15-35-13-10-21(11-14-35)30-26(37)29-20-7-5-19(6-8-20)28-25-27-12-9-23(32-25)31-24-17-22(33-34-24)18-3-1-2-4-18/h9,12,17-21,36H,1-8,10-11,13-16H2,(H2,29,30,37)(H3,27,28,31,32,33,34)/t19-,20-. The first-order valence-electron chi connectivity index (χ1n) is 14.0. The maximum atomic E-state index is 12.5. The van der Waals surface area contributed by atoms with E-state index in [1.807, 2.05) is 6.07 Å². The number of H-pyrrole nitrogens is 1. The predicted octanol–water partition coefficient (Wildman–Crippen LogP) is 3.08. The first kappa shape index (κ1) is 25.7. The van der Waals surface area contributed by atoms with Crippen molar-refractivity contribution in [3.8, 4) is 0 Å². The van der Waals surface area contributed by atoms with Crippen LogP contribution < -0.4 is 21.3 Å². The Balaban J connectivity index is 1.03. The topological polar surface area (TPSA) is 143 Å². The minimum absolute atomic E-state index is 0.0615. The Bertz CT molecular complexity index is 993. The summed E-state index contributed by atoms with van der Waals surface area (Å²) in [6, 6.07) is 4.57. The Morgan fingerprint density at radius 2 is 1.68 bits per heavy atom. The lowest BCUT2D eigenvalue weighted by atomic mass is 9.91. The van der Waals surface area contributed by atoms with Crippen LogP contribution in [0.5, 0.6) is 0 Å². The van der Waals surface area contributed by atoms with Crippen molar-refractivity contribution in [2.75, 3.05) is 36.9 Å². The zero-order valence-corrected chi connectivity index (χ0v) is 21.6. The monoisotopic (exact) mass is 511 g/mol. The van der Waals surface area contributed by atoms with Crippen molar-refractivity contribution < 1.29 is 9.90 Å². The number of nitrogens with zero attached hydrogens (tertiary/aromatic N) is 4. The molecule has 0 spiro atoms. The minimum atomic E-state index is -0.0615. The number of carbonyl (C=O) groups excluding carboxylic acids is 1. The molecular formula is C26H41N9O2. The Kier molecular flexibility index (Phi) is 8.72. The summed E-state index contributed by atoms with van der Waals surface area (Å²) in [5.41, 5.74) is 1.20. The highest BCUT2D eigenvalue weighted by Gasteiger charge is 2.25. The van der Waals surface area contributed by atoms with Crippen LogP contribution in [0.3, 0.4) is 0 Å². The second kappa shape index (κ2) is 12.6. The van der Waals surface area contributed by atoms with Gasteiger partial charge in [-0.25, -0.2) is 9.78 Å². The van der Waals surface area contributed by atoms with E-state index in [1.54, 1.807) is 6.20 Å². The van der Waals surface area contributed by atoms with Crippen LogP contribution in [0.4, 0.5) is 22.4 Å². The summed E-state index contributed by atoms with van der Waals surface area (Å²) in [4.78, 5) is 23.8. The molecule has 6 N–H and O–H groups in total.